The van der Waals surface area contributed by atoms with Gasteiger partial charge in [0.15, 0.2) is 0 Å². The number of nitrogens with zero attached hydrogens (tertiary/aromatic N) is 2. The molecule has 6 heteroatoms. The number of carboxylic acids is 1. The van der Waals surface area contributed by atoms with Crippen molar-refractivity contribution in [2.24, 2.45) is 0 Å². The van der Waals surface area contributed by atoms with Gasteiger partial charge in [-0.25, -0.2) is 0 Å². The normalized spacial score (nSPS) is 11.5. The summed E-state index contributed by atoms with van der Waals surface area (Å²) in [5.74, 6) is -0.801. The molecule has 98 valence electrons. The third kappa shape index (κ3) is 3.69. The topological polar surface area (TPSA) is 79.0 Å². The van der Waals surface area contributed by atoms with E-state index in [1.165, 1.54) is 6.08 Å². The van der Waals surface area contributed by atoms with Crippen molar-refractivity contribution in [3.8, 4) is 0 Å². The summed E-state index contributed by atoms with van der Waals surface area (Å²) in [4.78, 5) is 11.1. The zero-order valence-corrected chi connectivity index (χ0v) is 11.0. The monoisotopic (exact) mass is 275 g/mol. The second-order valence-electron chi connectivity index (χ2n) is 3.62. The van der Waals surface area contributed by atoms with Crippen LogP contribution in [0.2, 0.25) is 0 Å². The van der Waals surface area contributed by atoms with Crippen molar-refractivity contribution in [1.82, 2.24) is 10.2 Å². The molecule has 0 saturated heterocycles. The number of aliphatic carboxylic acids is 1. The third-order valence-electron chi connectivity index (χ3n) is 2.25. The summed E-state index contributed by atoms with van der Waals surface area (Å²) < 4.78 is 5.26. The zero-order valence-electron chi connectivity index (χ0n) is 10.2. The van der Waals surface area contributed by atoms with Gasteiger partial charge < -0.3 is 14.3 Å². The smallest absolute Gasteiger partial charge is 0.281 e. The van der Waals surface area contributed by atoms with E-state index in [1.54, 1.807) is 12.1 Å². The lowest BCUT2D eigenvalue weighted by Gasteiger charge is -2.05. The molecule has 0 aliphatic carbocycles. The highest BCUT2D eigenvalue weighted by Crippen LogP contribution is 2.26. The number of aryl methyl sites for hydroxylation is 1. The maximum Gasteiger partial charge on any atom is 0.281 e. The molecule has 0 amide bonds. The van der Waals surface area contributed by atoms with Gasteiger partial charge in [-0.2, -0.15) is 0 Å². The number of hydrogen-bond donors (Lipinski definition) is 0. The van der Waals surface area contributed by atoms with Gasteiger partial charge in [0.05, 0.1) is 5.97 Å². The van der Waals surface area contributed by atoms with E-state index in [9.17, 15) is 9.90 Å². The molecule has 1 heterocycles. The summed E-state index contributed by atoms with van der Waals surface area (Å²) in [6.45, 7) is 1.88. The van der Waals surface area contributed by atoms with E-state index in [2.05, 4.69) is 10.2 Å². The van der Waals surface area contributed by atoms with Crippen LogP contribution in [0.3, 0.4) is 0 Å². The molecule has 0 bridgehead atoms. The van der Waals surface area contributed by atoms with Crippen LogP contribution in [0.4, 0.5) is 0 Å². The Kier molecular flexibility index (Phi) is 4.35. The highest BCUT2D eigenvalue weighted by atomic mass is 32.2. The molecule has 5 nitrogen and oxygen atoms in total. The minimum atomic E-state index is -1.27. The molecule has 0 saturated carbocycles. The number of carbonyl (C=O) groups is 1. The van der Waals surface area contributed by atoms with Crippen LogP contribution in [0.5, 0.6) is 0 Å². The summed E-state index contributed by atoms with van der Waals surface area (Å²) in [6, 6.07) is 9.11. The van der Waals surface area contributed by atoms with Gasteiger partial charge in [0.25, 0.3) is 5.22 Å². The van der Waals surface area contributed by atoms with Crippen molar-refractivity contribution < 1.29 is 14.3 Å². The first kappa shape index (κ1) is 13.4. The van der Waals surface area contributed by atoms with Gasteiger partial charge in [-0.15, -0.1) is 10.2 Å². The minimum Gasteiger partial charge on any atom is -0.544 e. The van der Waals surface area contributed by atoms with E-state index in [0.717, 1.165) is 17.3 Å². The number of rotatable bonds is 5. The van der Waals surface area contributed by atoms with Crippen LogP contribution in [0.15, 0.2) is 44.9 Å². The molecule has 0 aliphatic heterocycles. The van der Waals surface area contributed by atoms with Crippen LogP contribution in [0.25, 0.3) is 6.08 Å². The Morgan fingerprint density at radius 1 is 1.37 bits per heavy atom. The molecule has 2 aromatic rings. The molecular formula is C13H11N2O3S-. The van der Waals surface area contributed by atoms with Crippen LogP contribution in [-0.4, -0.2) is 16.2 Å². The van der Waals surface area contributed by atoms with Gasteiger partial charge in [-0.3, -0.25) is 0 Å². The highest BCUT2D eigenvalue weighted by molar-refractivity contribution is 8.03. The fraction of sp³-hybridized carbons (Fsp3) is 0.154. The van der Waals surface area contributed by atoms with E-state index in [4.69, 9.17) is 4.42 Å². The van der Waals surface area contributed by atoms with E-state index < -0.39 is 5.97 Å². The van der Waals surface area contributed by atoms with Gasteiger partial charge in [0.1, 0.15) is 0 Å². The van der Waals surface area contributed by atoms with Crippen LogP contribution in [0, 0.1) is 0 Å². The SMILES string of the molecule is CCc1nnc(S/C(=C\c2ccccc2)C(=O)[O-])o1. The third-order valence-corrected chi connectivity index (χ3v) is 3.09. The second-order valence-corrected chi connectivity index (χ2v) is 4.62. The predicted molar refractivity (Wildman–Crippen MR) is 69.0 cm³/mol. The molecule has 0 unspecified atom stereocenters. The molecule has 1 aromatic heterocycles. The number of carboxylic acid groups (broad SMARTS) is 1. The van der Waals surface area contributed by atoms with Crippen molar-refractivity contribution in [2.45, 2.75) is 18.6 Å². The van der Waals surface area contributed by atoms with Crippen LogP contribution < -0.4 is 5.11 Å². The second kappa shape index (κ2) is 6.19. The first-order chi connectivity index (χ1) is 9.19. The van der Waals surface area contributed by atoms with Crippen LogP contribution in [0.1, 0.15) is 18.4 Å². The zero-order chi connectivity index (χ0) is 13.7. The lowest BCUT2D eigenvalue weighted by molar-refractivity contribution is -0.298. The minimum absolute atomic E-state index is 0.0255. The molecule has 0 aliphatic rings. The largest absolute Gasteiger partial charge is 0.544 e. The lowest BCUT2D eigenvalue weighted by Crippen LogP contribution is -2.22. The first-order valence-corrected chi connectivity index (χ1v) is 6.49. The first-order valence-electron chi connectivity index (χ1n) is 5.67. The van der Waals surface area contributed by atoms with Crippen molar-refractivity contribution in [2.75, 3.05) is 0 Å². The van der Waals surface area contributed by atoms with Gasteiger partial charge >= 0.3 is 0 Å². The summed E-state index contributed by atoms with van der Waals surface area (Å²) >= 11 is 0.887. The van der Waals surface area contributed by atoms with Gasteiger partial charge in [0.2, 0.25) is 5.89 Å². The Hall–Kier alpha value is -2.08. The quantitative estimate of drug-likeness (QED) is 0.608. The summed E-state index contributed by atoms with van der Waals surface area (Å²) in [7, 11) is 0. The van der Waals surface area contributed by atoms with Crippen molar-refractivity contribution in [1.29, 1.82) is 0 Å². The van der Waals surface area contributed by atoms with Crippen molar-refractivity contribution in [3.05, 3.63) is 46.7 Å². The Labute approximate surface area is 114 Å². The molecular weight excluding hydrogens is 264 g/mol. The van der Waals surface area contributed by atoms with E-state index >= 15 is 0 Å². The Bertz CT molecular complexity index is 593. The molecule has 0 spiro atoms. The number of aromatic nitrogens is 2. The molecule has 1 aromatic carbocycles. The Balaban J connectivity index is 2.21. The number of benzene rings is 1. The average Bonchev–Trinajstić information content (AvgIpc) is 2.87. The van der Waals surface area contributed by atoms with Crippen LogP contribution >= 0.6 is 11.8 Å². The van der Waals surface area contributed by atoms with E-state index in [0.29, 0.717) is 12.3 Å². The predicted octanol–water partition coefficient (Wildman–Crippen LogP) is 1.52. The summed E-state index contributed by atoms with van der Waals surface area (Å²) in [5, 5.41) is 18.8. The summed E-state index contributed by atoms with van der Waals surface area (Å²) in [6.07, 6.45) is 2.12. The Morgan fingerprint density at radius 2 is 2.11 bits per heavy atom. The van der Waals surface area contributed by atoms with Crippen LogP contribution in [-0.2, 0) is 11.2 Å². The van der Waals surface area contributed by atoms with E-state index in [1.807, 2.05) is 25.1 Å². The average molecular weight is 275 g/mol. The number of carbonyl (C=O) groups excluding carboxylic acids is 1. The lowest BCUT2D eigenvalue weighted by atomic mass is 10.2. The number of thioether (sulfide) groups is 1. The fourth-order valence-electron chi connectivity index (χ4n) is 1.35. The highest BCUT2D eigenvalue weighted by Gasteiger charge is 2.09. The molecule has 19 heavy (non-hydrogen) atoms. The van der Waals surface area contributed by atoms with E-state index in [-0.39, 0.29) is 10.1 Å². The molecule has 0 radical (unpaired) electrons. The van der Waals surface area contributed by atoms with Gasteiger partial charge in [-0.05, 0) is 23.4 Å². The molecule has 0 fully saturated rings. The fourth-order valence-corrected chi connectivity index (χ4v) is 2.03. The maximum absolute atomic E-state index is 11.1. The molecule has 2 rings (SSSR count). The standard InChI is InChI=1S/C13H12N2O3S/c1-2-11-14-15-13(18-11)19-10(12(16)17)8-9-6-4-3-5-7-9/h3-8H,2H2,1H3,(H,16,17)/p-1/b10-8-. The Morgan fingerprint density at radius 3 is 2.68 bits per heavy atom. The number of hydrogen-bond acceptors (Lipinski definition) is 6. The van der Waals surface area contributed by atoms with Gasteiger partial charge in [-0.1, -0.05) is 37.3 Å². The molecule has 0 atom stereocenters. The van der Waals surface area contributed by atoms with Crippen molar-refractivity contribution >= 4 is 23.8 Å². The maximum atomic E-state index is 11.1. The summed E-state index contributed by atoms with van der Waals surface area (Å²) in [5.41, 5.74) is 0.768. The van der Waals surface area contributed by atoms with Gasteiger partial charge in [0, 0.05) is 11.3 Å². The van der Waals surface area contributed by atoms with Crippen molar-refractivity contribution in [3.63, 3.8) is 0 Å². The molecule has 0 N–H and O–H groups in total.